The van der Waals surface area contributed by atoms with Gasteiger partial charge in [0.1, 0.15) is 0 Å². The standard InChI is InChI=1S/C25H38O2/c1-3-5-19-6-12-23(13-7-19)25(16-4-2)17-14-21(15-18-25)20-8-10-22(11-9-20)24(26)27/h6-7,12-13,20-22H,3-5,8-11,14-18H2,1-2H3,(H,26,27). The first kappa shape index (κ1) is 20.4. The predicted molar refractivity (Wildman–Crippen MR) is 112 cm³/mol. The molecule has 0 aromatic heterocycles. The summed E-state index contributed by atoms with van der Waals surface area (Å²) in [6.07, 6.45) is 14.3. The molecule has 2 aliphatic carbocycles. The highest BCUT2D eigenvalue weighted by Gasteiger charge is 2.39. The second-order valence-electron chi connectivity index (χ2n) is 9.26. The van der Waals surface area contributed by atoms with Crippen molar-refractivity contribution in [3.63, 3.8) is 0 Å². The summed E-state index contributed by atoms with van der Waals surface area (Å²) in [6.45, 7) is 4.57. The quantitative estimate of drug-likeness (QED) is 0.576. The maximum Gasteiger partial charge on any atom is 0.306 e. The largest absolute Gasteiger partial charge is 0.481 e. The van der Waals surface area contributed by atoms with Gasteiger partial charge in [-0.15, -0.1) is 0 Å². The van der Waals surface area contributed by atoms with Gasteiger partial charge in [0.05, 0.1) is 5.92 Å². The van der Waals surface area contributed by atoms with E-state index in [1.54, 1.807) is 5.56 Å². The monoisotopic (exact) mass is 370 g/mol. The smallest absolute Gasteiger partial charge is 0.306 e. The molecule has 1 aromatic carbocycles. The maximum atomic E-state index is 11.2. The molecule has 0 radical (unpaired) electrons. The summed E-state index contributed by atoms with van der Waals surface area (Å²) in [5, 5.41) is 9.24. The van der Waals surface area contributed by atoms with E-state index in [9.17, 15) is 9.90 Å². The van der Waals surface area contributed by atoms with Crippen molar-refractivity contribution >= 4 is 5.97 Å². The van der Waals surface area contributed by atoms with E-state index in [1.807, 2.05) is 0 Å². The van der Waals surface area contributed by atoms with Crippen molar-refractivity contribution in [2.75, 3.05) is 0 Å². The van der Waals surface area contributed by atoms with Crippen molar-refractivity contribution in [3.05, 3.63) is 35.4 Å². The summed E-state index contributed by atoms with van der Waals surface area (Å²) in [5.41, 5.74) is 3.42. The van der Waals surface area contributed by atoms with Crippen LogP contribution in [0.5, 0.6) is 0 Å². The molecule has 2 aliphatic rings. The molecule has 2 heteroatoms. The van der Waals surface area contributed by atoms with Crippen LogP contribution in [0.15, 0.2) is 24.3 Å². The summed E-state index contributed by atoms with van der Waals surface area (Å²) in [5.74, 6) is 0.937. The highest BCUT2D eigenvalue weighted by atomic mass is 16.4. The van der Waals surface area contributed by atoms with Crippen LogP contribution < -0.4 is 0 Å². The fourth-order valence-electron chi connectivity index (χ4n) is 5.98. The average molecular weight is 371 g/mol. The van der Waals surface area contributed by atoms with Crippen LogP contribution in [0.3, 0.4) is 0 Å². The topological polar surface area (TPSA) is 37.3 Å². The number of carboxylic acids is 1. The van der Waals surface area contributed by atoms with E-state index in [0.29, 0.717) is 5.41 Å². The van der Waals surface area contributed by atoms with Crippen LogP contribution >= 0.6 is 0 Å². The van der Waals surface area contributed by atoms with Crippen molar-refractivity contribution in [2.45, 2.75) is 96.3 Å². The Bertz CT molecular complexity index is 587. The first-order chi connectivity index (χ1) is 13.1. The van der Waals surface area contributed by atoms with Crippen molar-refractivity contribution in [3.8, 4) is 0 Å². The zero-order valence-electron chi connectivity index (χ0n) is 17.4. The van der Waals surface area contributed by atoms with Crippen LogP contribution in [-0.4, -0.2) is 11.1 Å². The molecule has 0 atom stereocenters. The molecular formula is C25H38O2. The third-order valence-electron chi connectivity index (χ3n) is 7.61. The molecule has 1 N–H and O–H groups in total. The average Bonchev–Trinajstić information content (AvgIpc) is 2.70. The fraction of sp³-hybridized carbons (Fsp3) is 0.720. The van der Waals surface area contributed by atoms with Gasteiger partial charge in [-0.05, 0) is 92.6 Å². The van der Waals surface area contributed by atoms with Crippen LogP contribution in [0.4, 0.5) is 0 Å². The highest BCUT2D eigenvalue weighted by molar-refractivity contribution is 5.69. The number of aliphatic carboxylic acids is 1. The zero-order chi connectivity index (χ0) is 19.3. The lowest BCUT2D eigenvalue weighted by Crippen LogP contribution is -2.35. The minimum absolute atomic E-state index is 0.0781. The molecule has 150 valence electrons. The first-order valence-corrected chi connectivity index (χ1v) is 11.4. The minimum Gasteiger partial charge on any atom is -0.481 e. The van der Waals surface area contributed by atoms with Gasteiger partial charge in [0.25, 0.3) is 0 Å². The van der Waals surface area contributed by atoms with E-state index in [0.717, 1.165) is 37.5 Å². The van der Waals surface area contributed by atoms with Gasteiger partial charge >= 0.3 is 5.97 Å². The summed E-state index contributed by atoms with van der Waals surface area (Å²) in [4.78, 5) is 11.2. The van der Waals surface area contributed by atoms with E-state index in [4.69, 9.17) is 0 Å². The summed E-state index contributed by atoms with van der Waals surface area (Å²) in [6, 6.07) is 9.54. The van der Waals surface area contributed by atoms with E-state index in [-0.39, 0.29) is 5.92 Å². The molecule has 2 nitrogen and oxygen atoms in total. The molecular weight excluding hydrogens is 332 g/mol. The molecule has 0 heterocycles. The highest BCUT2D eigenvalue weighted by Crippen LogP contribution is 2.49. The molecule has 1 aromatic rings. The van der Waals surface area contributed by atoms with Crippen molar-refractivity contribution in [1.82, 2.24) is 0 Å². The molecule has 2 saturated carbocycles. The lowest BCUT2D eigenvalue weighted by atomic mass is 9.61. The van der Waals surface area contributed by atoms with Crippen LogP contribution in [0.2, 0.25) is 0 Å². The Hall–Kier alpha value is -1.31. The Morgan fingerprint density at radius 2 is 1.52 bits per heavy atom. The molecule has 2 fully saturated rings. The van der Waals surface area contributed by atoms with Gasteiger partial charge < -0.3 is 5.11 Å². The molecule has 3 rings (SSSR count). The third kappa shape index (κ3) is 4.76. The molecule has 0 unspecified atom stereocenters. The SMILES string of the molecule is CCCc1ccc(C2(CCC)CCC(C3CCC(C(=O)O)CC3)CC2)cc1. The van der Waals surface area contributed by atoms with Crippen molar-refractivity contribution in [2.24, 2.45) is 17.8 Å². The van der Waals surface area contributed by atoms with Gasteiger partial charge in [0.15, 0.2) is 0 Å². The molecule has 0 bridgehead atoms. The third-order valence-corrected chi connectivity index (χ3v) is 7.61. The van der Waals surface area contributed by atoms with Gasteiger partial charge in [-0.25, -0.2) is 0 Å². The van der Waals surface area contributed by atoms with E-state index in [2.05, 4.69) is 38.1 Å². The Morgan fingerprint density at radius 3 is 2.04 bits per heavy atom. The Kier molecular flexibility index (Phi) is 7.00. The van der Waals surface area contributed by atoms with E-state index >= 15 is 0 Å². The van der Waals surface area contributed by atoms with Gasteiger partial charge in [0.2, 0.25) is 0 Å². The number of hydrogen-bond acceptors (Lipinski definition) is 1. The summed E-state index contributed by atoms with van der Waals surface area (Å²) < 4.78 is 0. The van der Waals surface area contributed by atoms with Crippen molar-refractivity contribution < 1.29 is 9.90 Å². The number of aryl methyl sites for hydroxylation is 1. The molecule has 0 spiro atoms. The van der Waals surface area contributed by atoms with Gasteiger partial charge in [-0.1, -0.05) is 51.0 Å². The van der Waals surface area contributed by atoms with Gasteiger partial charge in [-0.3, -0.25) is 4.79 Å². The van der Waals surface area contributed by atoms with Crippen LogP contribution in [0.1, 0.15) is 95.6 Å². The lowest BCUT2D eigenvalue weighted by molar-refractivity contribution is -0.143. The normalized spacial score (nSPS) is 31.6. The number of benzene rings is 1. The maximum absolute atomic E-state index is 11.2. The molecule has 0 saturated heterocycles. The van der Waals surface area contributed by atoms with E-state index in [1.165, 1.54) is 56.9 Å². The molecule has 27 heavy (non-hydrogen) atoms. The molecule has 0 amide bonds. The lowest BCUT2D eigenvalue weighted by Gasteiger charge is -2.44. The van der Waals surface area contributed by atoms with Crippen molar-refractivity contribution in [1.29, 1.82) is 0 Å². The Morgan fingerprint density at radius 1 is 0.926 bits per heavy atom. The molecule has 0 aliphatic heterocycles. The minimum atomic E-state index is -0.578. The number of carbonyl (C=O) groups is 1. The number of carboxylic acid groups (broad SMARTS) is 1. The summed E-state index contributed by atoms with van der Waals surface area (Å²) in [7, 11) is 0. The predicted octanol–water partition coefficient (Wildman–Crippen LogP) is 6.76. The summed E-state index contributed by atoms with van der Waals surface area (Å²) >= 11 is 0. The number of hydrogen-bond donors (Lipinski definition) is 1. The Balaban J connectivity index is 1.62. The van der Waals surface area contributed by atoms with Crippen LogP contribution in [-0.2, 0) is 16.6 Å². The Labute approximate surface area is 165 Å². The van der Waals surface area contributed by atoms with Crippen LogP contribution in [0.25, 0.3) is 0 Å². The fourth-order valence-corrected chi connectivity index (χ4v) is 5.98. The second kappa shape index (κ2) is 9.26. The number of rotatable bonds is 7. The van der Waals surface area contributed by atoms with Gasteiger partial charge in [-0.2, -0.15) is 0 Å². The van der Waals surface area contributed by atoms with E-state index < -0.39 is 5.97 Å². The van der Waals surface area contributed by atoms with Crippen LogP contribution in [0, 0.1) is 17.8 Å². The zero-order valence-corrected chi connectivity index (χ0v) is 17.4. The first-order valence-electron chi connectivity index (χ1n) is 11.4. The van der Waals surface area contributed by atoms with Gasteiger partial charge in [0, 0.05) is 0 Å². The second-order valence-corrected chi connectivity index (χ2v) is 9.26.